The molecule has 0 atom stereocenters. The zero-order valence-corrected chi connectivity index (χ0v) is 13.0. The summed E-state index contributed by atoms with van der Waals surface area (Å²) >= 11 is 0. The summed E-state index contributed by atoms with van der Waals surface area (Å²) in [7, 11) is 0. The lowest BCUT2D eigenvalue weighted by Crippen LogP contribution is -2.38. The Morgan fingerprint density at radius 2 is 1.70 bits per heavy atom. The Morgan fingerprint density at radius 3 is 2.15 bits per heavy atom. The van der Waals surface area contributed by atoms with Gasteiger partial charge in [-0.15, -0.1) is 0 Å². The van der Waals surface area contributed by atoms with E-state index in [9.17, 15) is 9.59 Å². The van der Waals surface area contributed by atoms with Gasteiger partial charge in [-0.1, -0.05) is 19.9 Å². The molecule has 0 aromatic heterocycles. The molecule has 0 aliphatic carbocycles. The number of carbonyl (C=O) groups excluding carboxylic acids is 2. The van der Waals surface area contributed by atoms with Crippen molar-refractivity contribution in [3.05, 3.63) is 29.3 Å². The highest BCUT2D eigenvalue weighted by molar-refractivity contribution is 5.94. The van der Waals surface area contributed by atoms with Crippen molar-refractivity contribution in [2.45, 2.75) is 34.6 Å². The Labute approximate surface area is 121 Å². The molecule has 1 aromatic carbocycles. The van der Waals surface area contributed by atoms with Gasteiger partial charge >= 0.3 is 0 Å². The molecule has 1 rings (SSSR count). The van der Waals surface area contributed by atoms with Gasteiger partial charge in [0.05, 0.1) is 6.54 Å². The van der Waals surface area contributed by atoms with Gasteiger partial charge in [-0.25, -0.2) is 0 Å². The fourth-order valence-electron chi connectivity index (χ4n) is 2.17. The maximum Gasteiger partial charge on any atom is 0.243 e. The normalized spacial score (nSPS) is 10.5. The Morgan fingerprint density at radius 1 is 1.15 bits per heavy atom. The fourth-order valence-corrected chi connectivity index (χ4v) is 2.17. The Hall–Kier alpha value is -1.84. The van der Waals surface area contributed by atoms with Crippen LogP contribution >= 0.6 is 0 Å². The molecule has 0 spiro atoms. The number of benzene rings is 1. The molecule has 4 heteroatoms. The van der Waals surface area contributed by atoms with E-state index in [0.29, 0.717) is 12.5 Å². The molecule has 0 saturated heterocycles. The van der Waals surface area contributed by atoms with Crippen LogP contribution in [0.3, 0.4) is 0 Å². The molecule has 0 saturated carbocycles. The van der Waals surface area contributed by atoms with Crippen molar-refractivity contribution in [3.8, 4) is 0 Å². The lowest BCUT2D eigenvalue weighted by Gasteiger charge is -2.22. The van der Waals surface area contributed by atoms with Crippen LogP contribution in [0.4, 0.5) is 5.69 Å². The minimum atomic E-state index is -0.161. The summed E-state index contributed by atoms with van der Waals surface area (Å²) in [6.07, 6.45) is 0. The van der Waals surface area contributed by atoms with Gasteiger partial charge in [-0.2, -0.15) is 0 Å². The van der Waals surface area contributed by atoms with Crippen molar-refractivity contribution in [1.29, 1.82) is 0 Å². The van der Waals surface area contributed by atoms with Crippen LogP contribution in [0.2, 0.25) is 0 Å². The van der Waals surface area contributed by atoms with Gasteiger partial charge in [0, 0.05) is 19.2 Å². The second-order valence-corrected chi connectivity index (χ2v) is 5.72. The van der Waals surface area contributed by atoms with E-state index >= 15 is 0 Å². The van der Waals surface area contributed by atoms with Crippen LogP contribution in [0.25, 0.3) is 0 Å². The SMILES string of the molecule is CC(=O)N(CC(=O)Nc1cc(C)cc(C)c1)CC(C)C. The standard InChI is InChI=1S/C16H24N2O2/c1-11(2)9-18(14(5)19)10-16(20)17-15-7-12(3)6-13(4)8-15/h6-8,11H,9-10H2,1-5H3,(H,17,20). The monoisotopic (exact) mass is 276 g/mol. The largest absolute Gasteiger partial charge is 0.333 e. The molecule has 0 aliphatic heterocycles. The molecule has 0 fully saturated rings. The summed E-state index contributed by atoms with van der Waals surface area (Å²) in [5.74, 6) is 0.105. The Balaban J connectivity index is 2.68. The second kappa shape index (κ2) is 7.08. The maximum absolute atomic E-state index is 12.0. The van der Waals surface area contributed by atoms with Crippen LogP contribution in [0, 0.1) is 19.8 Å². The number of nitrogens with zero attached hydrogens (tertiary/aromatic N) is 1. The first-order valence-corrected chi connectivity index (χ1v) is 6.91. The minimum absolute atomic E-state index is 0.0747. The van der Waals surface area contributed by atoms with Crippen LogP contribution in [0.15, 0.2) is 18.2 Å². The quantitative estimate of drug-likeness (QED) is 0.899. The summed E-state index contributed by atoms with van der Waals surface area (Å²) in [4.78, 5) is 25.1. The number of carbonyl (C=O) groups is 2. The maximum atomic E-state index is 12.0. The Kier molecular flexibility index (Phi) is 5.74. The van der Waals surface area contributed by atoms with E-state index in [4.69, 9.17) is 0 Å². The highest BCUT2D eigenvalue weighted by Gasteiger charge is 2.15. The van der Waals surface area contributed by atoms with Crippen LogP contribution in [0.1, 0.15) is 31.9 Å². The first-order chi connectivity index (χ1) is 9.27. The van der Waals surface area contributed by atoms with Gasteiger partial charge in [-0.05, 0) is 43.0 Å². The highest BCUT2D eigenvalue weighted by atomic mass is 16.2. The van der Waals surface area contributed by atoms with Crippen LogP contribution in [0.5, 0.6) is 0 Å². The highest BCUT2D eigenvalue weighted by Crippen LogP contribution is 2.13. The fraction of sp³-hybridized carbons (Fsp3) is 0.500. The number of nitrogens with one attached hydrogen (secondary N) is 1. The summed E-state index contributed by atoms with van der Waals surface area (Å²) in [5, 5.41) is 2.85. The molecule has 0 radical (unpaired) electrons. The van der Waals surface area contributed by atoms with E-state index in [1.165, 1.54) is 6.92 Å². The number of hydrogen-bond acceptors (Lipinski definition) is 2. The van der Waals surface area contributed by atoms with E-state index < -0.39 is 0 Å². The topological polar surface area (TPSA) is 49.4 Å². The predicted molar refractivity (Wildman–Crippen MR) is 81.6 cm³/mol. The molecule has 2 amide bonds. The zero-order valence-electron chi connectivity index (χ0n) is 13.0. The van der Waals surface area contributed by atoms with Crippen molar-refractivity contribution in [2.75, 3.05) is 18.4 Å². The summed E-state index contributed by atoms with van der Waals surface area (Å²) in [6, 6.07) is 5.90. The molecule has 0 bridgehead atoms. The smallest absolute Gasteiger partial charge is 0.243 e. The molecular weight excluding hydrogens is 252 g/mol. The van der Waals surface area contributed by atoms with Crippen LogP contribution in [-0.2, 0) is 9.59 Å². The molecule has 1 N–H and O–H groups in total. The third-order valence-electron chi connectivity index (χ3n) is 2.87. The lowest BCUT2D eigenvalue weighted by atomic mass is 10.1. The first kappa shape index (κ1) is 16.2. The molecule has 20 heavy (non-hydrogen) atoms. The average molecular weight is 276 g/mol. The van der Waals surface area contributed by atoms with Crippen molar-refractivity contribution in [1.82, 2.24) is 4.90 Å². The molecule has 4 nitrogen and oxygen atoms in total. The first-order valence-electron chi connectivity index (χ1n) is 6.91. The van der Waals surface area contributed by atoms with E-state index in [1.807, 2.05) is 39.8 Å². The van der Waals surface area contributed by atoms with E-state index in [1.54, 1.807) is 4.90 Å². The zero-order chi connectivity index (χ0) is 15.3. The molecular formula is C16H24N2O2. The number of hydrogen-bond donors (Lipinski definition) is 1. The number of aryl methyl sites for hydroxylation is 2. The van der Waals surface area contributed by atoms with Crippen LogP contribution in [-0.4, -0.2) is 29.8 Å². The Bertz CT molecular complexity index is 475. The molecule has 0 heterocycles. The van der Waals surface area contributed by atoms with Gasteiger partial charge in [-0.3, -0.25) is 9.59 Å². The van der Waals surface area contributed by atoms with Gasteiger partial charge < -0.3 is 10.2 Å². The minimum Gasteiger partial charge on any atom is -0.333 e. The molecule has 110 valence electrons. The van der Waals surface area contributed by atoms with Crippen molar-refractivity contribution in [2.24, 2.45) is 5.92 Å². The third-order valence-corrected chi connectivity index (χ3v) is 2.87. The van der Waals surface area contributed by atoms with E-state index in [0.717, 1.165) is 16.8 Å². The van der Waals surface area contributed by atoms with Gasteiger partial charge in [0.1, 0.15) is 0 Å². The number of rotatable bonds is 5. The predicted octanol–water partition coefficient (Wildman–Crippen LogP) is 2.75. The molecule has 0 unspecified atom stereocenters. The summed E-state index contributed by atoms with van der Waals surface area (Å²) in [6.45, 7) is 10.2. The summed E-state index contributed by atoms with van der Waals surface area (Å²) in [5.41, 5.74) is 2.98. The number of anilines is 1. The van der Waals surface area contributed by atoms with Gasteiger partial charge in [0.15, 0.2) is 0 Å². The third kappa shape index (κ3) is 5.43. The van der Waals surface area contributed by atoms with Crippen molar-refractivity contribution in [3.63, 3.8) is 0 Å². The molecule has 0 aliphatic rings. The van der Waals surface area contributed by atoms with Crippen molar-refractivity contribution >= 4 is 17.5 Å². The van der Waals surface area contributed by atoms with E-state index in [2.05, 4.69) is 11.4 Å². The number of amides is 2. The van der Waals surface area contributed by atoms with Crippen molar-refractivity contribution < 1.29 is 9.59 Å². The molecule has 1 aromatic rings. The van der Waals surface area contributed by atoms with E-state index in [-0.39, 0.29) is 18.4 Å². The second-order valence-electron chi connectivity index (χ2n) is 5.72. The van der Waals surface area contributed by atoms with Gasteiger partial charge in [0.2, 0.25) is 11.8 Å². The summed E-state index contributed by atoms with van der Waals surface area (Å²) < 4.78 is 0. The van der Waals surface area contributed by atoms with Gasteiger partial charge in [0.25, 0.3) is 0 Å². The lowest BCUT2D eigenvalue weighted by molar-refractivity contribution is -0.133. The average Bonchev–Trinajstić information content (AvgIpc) is 2.25. The van der Waals surface area contributed by atoms with Crippen LogP contribution < -0.4 is 5.32 Å².